The molecule has 0 saturated heterocycles. The summed E-state index contributed by atoms with van der Waals surface area (Å²) in [5.41, 5.74) is 1.23. The summed E-state index contributed by atoms with van der Waals surface area (Å²) >= 11 is 0. The van der Waals surface area contributed by atoms with Gasteiger partial charge in [-0.25, -0.2) is 15.0 Å². The second-order valence-electron chi connectivity index (χ2n) is 5.82. The molecule has 0 aromatic carbocycles. The largest absolute Gasteiger partial charge is 0.396 e. The van der Waals surface area contributed by atoms with Gasteiger partial charge in [0.05, 0.1) is 19.0 Å². The molecule has 0 spiro atoms. The van der Waals surface area contributed by atoms with Crippen LogP contribution < -0.4 is 5.32 Å². The van der Waals surface area contributed by atoms with Gasteiger partial charge in [-0.3, -0.25) is 0 Å². The molecule has 7 nitrogen and oxygen atoms in total. The maximum atomic E-state index is 10.2. The highest BCUT2D eigenvalue weighted by molar-refractivity contribution is 5.82. The van der Waals surface area contributed by atoms with Crippen LogP contribution in [0.4, 0.5) is 5.82 Å². The zero-order valence-corrected chi connectivity index (χ0v) is 11.2. The number of nitrogens with zero attached hydrogens (tertiary/aromatic N) is 4. The number of hydrogen-bond acceptors (Lipinski definition) is 6. The van der Waals surface area contributed by atoms with Crippen LogP contribution in [-0.2, 0) is 0 Å². The number of hydrogen-bond donors (Lipinski definition) is 3. The van der Waals surface area contributed by atoms with Crippen LogP contribution in [0.25, 0.3) is 11.2 Å². The molecule has 0 aliphatic heterocycles. The van der Waals surface area contributed by atoms with Crippen molar-refractivity contribution in [2.45, 2.75) is 25.0 Å². The van der Waals surface area contributed by atoms with Crippen LogP contribution in [0, 0.1) is 11.3 Å². The van der Waals surface area contributed by atoms with Gasteiger partial charge in [-0.05, 0) is 18.8 Å². The van der Waals surface area contributed by atoms with E-state index in [9.17, 15) is 10.2 Å². The number of fused-ring (bicyclic) bond motifs is 2. The molecule has 20 heavy (non-hydrogen) atoms. The molecule has 0 amide bonds. The predicted molar refractivity (Wildman–Crippen MR) is 72.2 cm³/mol. The van der Waals surface area contributed by atoms with Gasteiger partial charge in [-0.2, -0.15) is 0 Å². The highest BCUT2D eigenvalue weighted by Crippen LogP contribution is 2.67. The van der Waals surface area contributed by atoms with Crippen LogP contribution in [-0.4, -0.2) is 49.5 Å². The third kappa shape index (κ3) is 1.34. The topological polar surface area (TPSA) is 96.1 Å². The van der Waals surface area contributed by atoms with Crippen LogP contribution in [0.3, 0.4) is 0 Å². The first-order valence-corrected chi connectivity index (χ1v) is 6.85. The van der Waals surface area contributed by atoms with E-state index in [4.69, 9.17) is 0 Å². The Hall–Kier alpha value is -1.73. The lowest BCUT2D eigenvalue weighted by Gasteiger charge is -2.16. The molecule has 2 aliphatic rings. The standard InChI is InChI=1S/C13H17N5O2/c1-14-11-10-12(16-5-15-11)18(6-17-10)8-2-9(20)13(4-19)3-7(8)13/h5-9,19-20H,2-4H2,1H3,(H,14,15,16)/t7-,8+,9+,13?/m1/s1. The normalized spacial score (nSPS) is 35.2. The molecule has 2 aromatic rings. The Balaban J connectivity index is 1.78. The molecule has 2 saturated carbocycles. The van der Waals surface area contributed by atoms with Gasteiger partial charge in [-0.15, -0.1) is 0 Å². The summed E-state index contributed by atoms with van der Waals surface area (Å²) in [6.07, 6.45) is 4.37. The van der Waals surface area contributed by atoms with Crippen molar-refractivity contribution in [2.24, 2.45) is 11.3 Å². The number of nitrogens with one attached hydrogen (secondary N) is 1. The van der Waals surface area contributed by atoms with E-state index in [1.54, 1.807) is 13.4 Å². The van der Waals surface area contributed by atoms with E-state index in [-0.39, 0.29) is 18.1 Å². The minimum atomic E-state index is -0.439. The van der Waals surface area contributed by atoms with E-state index < -0.39 is 6.10 Å². The quantitative estimate of drug-likeness (QED) is 0.739. The lowest BCUT2D eigenvalue weighted by Crippen LogP contribution is -2.22. The third-order valence-corrected chi connectivity index (χ3v) is 5.02. The van der Waals surface area contributed by atoms with Crippen LogP contribution in [0.1, 0.15) is 18.9 Å². The number of aliphatic hydroxyl groups excluding tert-OH is 2. The van der Waals surface area contributed by atoms with Crippen molar-refractivity contribution < 1.29 is 10.2 Å². The van der Waals surface area contributed by atoms with Crippen molar-refractivity contribution in [1.29, 1.82) is 0 Å². The summed E-state index contributed by atoms with van der Waals surface area (Å²) in [5, 5.41) is 22.7. The smallest absolute Gasteiger partial charge is 0.165 e. The van der Waals surface area contributed by atoms with E-state index in [2.05, 4.69) is 20.3 Å². The number of rotatable bonds is 3. The zero-order chi connectivity index (χ0) is 13.9. The fourth-order valence-corrected chi connectivity index (χ4v) is 3.75. The number of aromatic nitrogens is 4. The van der Waals surface area contributed by atoms with Gasteiger partial charge in [0.1, 0.15) is 11.8 Å². The van der Waals surface area contributed by atoms with Gasteiger partial charge in [0.25, 0.3) is 0 Å². The molecule has 106 valence electrons. The Morgan fingerprint density at radius 3 is 2.95 bits per heavy atom. The molecule has 4 rings (SSSR count). The fourth-order valence-electron chi connectivity index (χ4n) is 3.75. The van der Waals surface area contributed by atoms with E-state index in [0.29, 0.717) is 18.2 Å². The molecule has 0 bridgehead atoms. The minimum absolute atomic E-state index is 0.0543. The van der Waals surface area contributed by atoms with Crippen molar-refractivity contribution >= 4 is 17.0 Å². The Kier molecular flexibility index (Phi) is 2.34. The molecular formula is C13H17N5O2. The summed E-state index contributed by atoms with van der Waals surface area (Å²) in [7, 11) is 1.80. The summed E-state index contributed by atoms with van der Waals surface area (Å²) in [6, 6.07) is 0.154. The molecule has 2 fully saturated rings. The van der Waals surface area contributed by atoms with E-state index in [0.717, 1.165) is 17.6 Å². The molecule has 0 radical (unpaired) electrons. The van der Waals surface area contributed by atoms with Crippen LogP contribution in [0.2, 0.25) is 0 Å². The molecule has 2 aliphatic carbocycles. The maximum Gasteiger partial charge on any atom is 0.165 e. The molecule has 4 atom stereocenters. The van der Waals surface area contributed by atoms with Crippen LogP contribution >= 0.6 is 0 Å². The average molecular weight is 275 g/mol. The monoisotopic (exact) mass is 275 g/mol. The first-order valence-electron chi connectivity index (χ1n) is 6.85. The Morgan fingerprint density at radius 1 is 1.45 bits per heavy atom. The molecule has 3 N–H and O–H groups in total. The number of imidazole rings is 1. The van der Waals surface area contributed by atoms with Crippen LogP contribution in [0.15, 0.2) is 12.7 Å². The van der Waals surface area contributed by atoms with Gasteiger partial charge in [0.2, 0.25) is 0 Å². The van der Waals surface area contributed by atoms with Gasteiger partial charge in [0.15, 0.2) is 11.5 Å². The van der Waals surface area contributed by atoms with E-state index in [1.165, 1.54) is 6.33 Å². The highest BCUT2D eigenvalue weighted by atomic mass is 16.3. The molecule has 2 aromatic heterocycles. The van der Waals surface area contributed by atoms with Gasteiger partial charge < -0.3 is 20.1 Å². The zero-order valence-electron chi connectivity index (χ0n) is 11.2. The summed E-state index contributed by atoms with van der Waals surface area (Å²) < 4.78 is 2.02. The second kappa shape index (κ2) is 3.89. The first kappa shape index (κ1) is 12.0. The van der Waals surface area contributed by atoms with Crippen molar-refractivity contribution in [3.8, 4) is 0 Å². The summed E-state index contributed by atoms with van der Waals surface area (Å²) in [4.78, 5) is 12.9. The second-order valence-corrected chi connectivity index (χ2v) is 5.82. The SMILES string of the molecule is CNc1ncnc2c1ncn2[C@H]1C[C@H](O)C2(CO)C[C@H]12. The highest BCUT2D eigenvalue weighted by Gasteiger charge is 2.67. The van der Waals surface area contributed by atoms with Crippen molar-refractivity contribution in [3.05, 3.63) is 12.7 Å². The Morgan fingerprint density at radius 2 is 2.30 bits per heavy atom. The Labute approximate surface area is 115 Å². The summed E-state index contributed by atoms with van der Waals surface area (Å²) in [6.45, 7) is 0.0543. The molecule has 2 heterocycles. The van der Waals surface area contributed by atoms with E-state index >= 15 is 0 Å². The third-order valence-electron chi connectivity index (χ3n) is 5.02. The first-order chi connectivity index (χ1) is 9.71. The van der Waals surface area contributed by atoms with Gasteiger partial charge >= 0.3 is 0 Å². The molecule has 1 unspecified atom stereocenters. The Bertz CT molecular complexity index is 672. The molecular weight excluding hydrogens is 258 g/mol. The van der Waals surface area contributed by atoms with Crippen molar-refractivity contribution in [1.82, 2.24) is 19.5 Å². The maximum absolute atomic E-state index is 10.2. The summed E-state index contributed by atoms with van der Waals surface area (Å²) in [5.74, 6) is 1.02. The van der Waals surface area contributed by atoms with Gasteiger partial charge in [0, 0.05) is 18.5 Å². The van der Waals surface area contributed by atoms with Crippen molar-refractivity contribution in [3.63, 3.8) is 0 Å². The lowest BCUT2D eigenvalue weighted by atomic mass is 10.0. The van der Waals surface area contributed by atoms with Crippen LogP contribution in [0.5, 0.6) is 0 Å². The average Bonchev–Trinajstić information content (AvgIpc) is 2.96. The fraction of sp³-hybridized carbons (Fsp3) is 0.615. The van der Waals surface area contributed by atoms with Crippen molar-refractivity contribution in [2.75, 3.05) is 19.0 Å². The predicted octanol–water partition coefficient (Wildman–Crippen LogP) is 0.172. The van der Waals surface area contributed by atoms with Gasteiger partial charge in [-0.1, -0.05) is 0 Å². The molecule has 7 heteroatoms. The minimum Gasteiger partial charge on any atom is -0.396 e. The van der Waals surface area contributed by atoms with E-state index in [1.807, 2.05) is 4.57 Å². The lowest BCUT2D eigenvalue weighted by molar-refractivity contribution is 0.0600. The number of aliphatic hydroxyl groups is 2. The number of anilines is 1.